The number of benzene rings is 1. The summed E-state index contributed by atoms with van der Waals surface area (Å²) in [4.78, 5) is 0. The van der Waals surface area contributed by atoms with Crippen molar-refractivity contribution in [2.45, 2.75) is 19.6 Å². The molecular weight excluding hydrogens is 206 g/mol. The van der Waals surface area contributed by atoms with Crippen molar-refractivity contribution in [1.82, 2.24) is 0 Å². The van der Waals surface area contributed by atoms with E-state index in [4.69, 9.17) is 15.2 Å². The van der Waals surface area contributed by atoms with Crippen LogP contribution >= 0.6 is 0 Å². The molecule has 0 fully saturated rings. The average Bonchev–Trinajstić information content (AvgIpc) is 2.34. The molecule has 1 atom stereocenters. The minimum Gasteiger partial charge on any atom is -0.491 e. The zero-order chi connectivity index (χ0) is 11.8. The molecule has 1 rings (SSSR count). The van der Waals surface area contributed by atoms with Crippen LogP contribution in [0.25, 0.3) is 0 Å². The molecule has 0 aliphatic carbocycles. The molecule has 1 unspecified atom stereocenters. The molecule has 0 saturated carbocycles. The third kappa shape index (κ3) is 4.61. The van der Waals surface area contributed by atoms with Gasteiger partial charge in [0.05, 0.1) is 6.61 Å². The highest BCUT2D eigenvalue weighted by atomic mass is 16.5. The SMILES string of the molecule is CCOCC(O)COc1ccc(CN)cc1. The molecule has 0 bridgehead atoms. The lowest BCUT2D eigenvalue weighted by molar-refractivity contribution is 0.0164. The predicted octanol–water partition coefficient (Wildman–Crippen LogP) is 0.922. The Hall–Kier alpha value is -1.10. The fourth-order valence-electron chi connectivity index (χ4n) is 1.22. The first-order chi connectivity index (χ1) is 7.76. The summed E-state index contributed by atoms with van der Waals surface area (Å²) in [6.07, 6.45) is -0.589. The molecule has 0 radical (unpaired) electrons. The van der Waals surface area contributed by atoms with Gasteiger partial charge >= 0.3 is 0 Å². The van der Waals surface area contributed by atoms with Crippen molar-refractivity contribution >= 4 is 0 Å². The highest BCUT2D eigenvalue weighted by Gasteiger charge is 2.04. The van der Waals surface area contributed by atoms with Gasteiger partial charge in [0.1, 0.15) is 18.5 Å². The van der Waals surface area contributed by atoms with E-state index >= 15 is 0 Å². The maximum absolute atomic E-state index is 9.47. The number of nitrogens with two attached hydrogens (primary N) is 1. The van der Waals surface area contributed by atoms with Gasteiger partial charge < -0.3 is 20.3 Å². The Labute approximate surface area is 96.0 Å². The van der Waals surface area contributed by atoms with Gasteiger partial charge in [-0.2, -0.15) is 0 Å². The third-order valence-corrected chi connectivity index (χ3v) is 2.12. The summed E-state index contributed by atoms with van der Waals surface area (Å²) < 4.78 is 10.5. The molecule has 0 aliphatic rings. The summed E-state index contributed by atoms with van der Waals surface area (Å²) in [5.74, 6) is 0.729. The number of aliphatic hydroxyl groups is 1. The number of ether oxygens (including phenoxy) is 2. The van der Waals surface area contributed by atoms with Gasteiger partial charge in [0.2, 0.25) is 0 Å². The van der Waals surface area contributed by atoms with Crippen molar-refractivity contribution in [1.29, 1.82) is 0 Å². The second kappa shape index (κ2) is 7.22. The smallest absolute Gasteiger partial charge is 0.119 e. The van der Waals surface area contributed by atoms with Crippen LogP contribution in [0.2, 0.25) is 0 Å². The van der Waals surface area contributed by atoms with E-state index in [1.54, 1.807) is 0 Å². The Morgan fingerprint density at radius 1 is 1.25 bits per heavy atom. The maximum Gasteiger partial charge on any atom is 0.119 e. The highest BCUT2D eigenvalue weighted by Crippen LogP contribution is 2.11. The van der Waals surface area contributed by atoms with E-state index in [1.807, 2.05) is 31.2 Å². The van der Waals surface area contributed by atoms with Gasteiger partial charge in [0.15, 0.2) is 0 Å². The van der Waals surface area contributed by atoms with Crippen LogP contribution in [0.1, 0.15) is 12.5 Å². The second-order valence-corrected chi connectivity index (χ2v) is 3.47. The Morgan fingerprint density at radius 2 is 1.94 bits per heavy atom. The van der Waals surface area contributed by atoms with Crippen LogP contribution in [-0.4, -0.2) is 31.0 Å². The van der Waals surface area contributed by atoms with E-state index in [0.717, 1.165) is 11.3 Å². The van der Waals surface area contributed by atoms with Crippen molar-refractivity contribution in [3.8, 4) is 5.75 Å². The highest BCUT2D eigenvalue weighted by molar-refractivity contribution is 5.27. The number of hydrogen-bond acceptors (Lipinski definition) is 4. The van der Waals surface area contributed by atoms with Gasteiger partial charge in [-0.15, -0.1) is 0 Å². The molecule has 0 aliphatic heterocycles. The number of aliphatic hydroxyl groups excluding tert-OH is 1. The van der Waals surface area contributed by atoms with Gasteiger partial charge in [-0.3, -0.25) is 0 Å². The van der Waals surface area contributed by atoms with Crippen LogP contribution in [0.5, 0.6) is 5.75 Å². The molecule has 0 aromatic heterocycles. The molecule has 1 aromatic carbocycles. The molecule has 0 amide bonds. The summed E-state index contributed by atoms with van der Waals surface area (Å²) in [5, 5.41) is 9.47. The van der Waals surface area contributed by atoms with E-state index in [-0.39, 0.29) is 6.61 Å². The lowest BCUT2D eigenvalue weighted by Gasteiger charge is -2.12. The first-order valence-electron chi connectivity index (χ1n) is 5.44. The van der Waals surface area contributed by atoms with Crippen LogP contribution in [0.4, 0.5) is 0 Å². The van der Waals surface area contributed by atoms with Gasteiger partial charge in [-0.1, -0.05) is 12.1 Å². The summed E-state index contributed by atoms with van der Waals surface area (Å²) in [6, 6.07) is 7.50. The van der Waals surface area contributed by atoms with Gasteiger partial charge in [0.25, 0.3) is 0 Å². The molecule has 90 valence electrons. The van der Waals surface area contributed by atoms with Gasteiger partial charge in [-0.05, 0) is 24.6 Å². The quantitative estimate of drug-likeness (QED) is 0.724. The van der Waals surface area contributed by atoms with Crippen molar-refractivity contribution in [3.05, 3.63) is 29.8 Å². The molecule has 3 N–H and O–H groups in total. The summed E-state index contributed by atoms with van der Waals surface area (Å²) >= 11 is 0. The van der Waals surface area contributed by atoms with E-state index in [1.165, 1.54) is 0 Å². The minimum atomic E-state index is -0.589. The van der Waals surface area contributed by atoms with E-state index in [2.05, 4.69) is 0 Å². The van der Waals surface area contributed by atoms with Crippen LogP contribution in [-0.2, 0) is 11.3 Å². The zero-order valence-corrected chi connectivity index (χ0v) is 9.56. The molecule has 16 heavy (non-hydrogen) atoms. The Balaban J connectivity index is 2.30. The number of hydrogen-bond donors (Lipinski definition) is 2. The normalized spacial score (nSPS) is 12.4. The lowest BCUT2D eigenvalue weighted by atomic mass is 10.2. The third-order valence-electron chi connectivity index (χ3n) is 2.12. The lowest BCUT2D eigenvalue weighted by Crippen LogP contribution is -2.23. The van der Waals surface area contributed by atoms with E-state index < -0.39 is 6.10 Å². The predicted molar refractivity (Wildman–Crippen MR) is 62.3 cm³/mol. The van der Waals surface area contributed by atoms with E-state index in [0.29, 0.717) is 19.8 Å². The molecule has 4 nitrogen and oxygen atoms in total. The first kappa shape index (κ1) is 13.0. The standard InChI is InChI=1S/C12H19NO3/c1-2-15-8-11(14)9-16-12-5-3-10(7-13)4-6-12/h3-6,11,14H,2,7-9,13H2,1H3. The summed E-state index contributed by atoms with van der Waals surface area (Å²) in [6.45, 7) is 3.55. The monoisotopic (exact) mass is 225 g/mol. The molecule has 1 aromatic rings. The van der Waals surface area contributed by atoms with Gasteiger partial charge in [-0.25, -0.2) is 0 Å². The van der Waals surface area contributed by atoms with Crippen LogP contribution in [0, 0.1) is 0 Å². The summed E-state index contributed by atoms with van der Waals surface area (Å²) in [7, 11) is 0. The molecule has 0 spiro atoms. The second-order valence-electron chi connectivity index (χ2n) is 3.47. The van der Waals surface area contributed by atoms with Crippen molar-refractivity contribution < 1.29 is 14.6 Å². The molecule has 0 heterocycles. The van der Waals surface area contributed by atoms with Crippen LogP contribution in [0.15, 0.2) is 24.3 Å². The van der Waals surface area contributed by atoms with Crippen molar-refractivity contribution in [3.63, 3.8) is 0 Å². The Morgan fingerprint density at radius 3 is 2.50 bits per heavy atom. The number of rotatable bonds is 7. The zero-order valence-electron chi connectivity index (χ0n) is 9.56. The Bertz CT molecular complexity index is 287. The van der Waals surface area contributed by atoms with Crippen LogP contribution in [0.3, 0.4) is 0 Å². The first-order valence-corrected chi connectivity index (χ1v) is 5.44. The largest absolute Gasteiger partial charge is 0.491 e. The van der Waals surface area contributed by atoms with E-state index in [9.17, 15) is 5.11 Å². The topological polar surface area (TPSA) is 64.7 Å². The molecule has 0 saturated heterocycles. The fourth-order valence-corrected chi connectivity index (χ4v) is 1.22. The van der Waals surface area contributed by atoms with Crippen molar-refractivity contribution in [2.24, 2.45) is 5.73 Å². The average molecular weight is 225 g/mol. The summed E-state index contributed by atoms with van der Waals surface area (Å²) in [5.41, 5.74) is 6.54. The van der Waals surface area contributed by atoms with Gasteiger partial charge in [0, 0.05) is 13.2 Å². The molecule has 4 heteroatoms. The van der Waals surface area contributed by atoms with Crippen LogP contribution < -0.4 is 10.5 Å². The fraction of sp³-hybridized carbons (Fsp3) is 0.500. The van der Waals surface area contributed by atoms with Crippen molar-refractivity contribution in [2.75, 3.05) is 19.8 Å². The molecular formula is C12H19NO3. The maximum atomic E-state index is 9.47. The minimum absolute atomic E-state index is 0.238. The Kier molecular flexibility index (Phi) is 5.85.